The molecule has 3 rings (SSSR count). The van der Waals surface area contributed by atoms with Crippen LogP contribution in [-0.2, 0) is 4.79 Å². The molecule has 6 nitrogen and oxygen atoms in total. The molecular weight excluding hydrogens is 358 g/mol. The second-order valence-corrected chi connectivity index (χ2v) is 6.92. The van der Waals surface area contributed by atoms with Gasteiger partial charge in [-0.1, -0.05) is 30.0 Å². The summed E-state index contributed by atoms with van der Waals surface area (Å²) in [7, 11) is 0. The van der Waals surface area contributed by atoms with Crippen LogP contribution in [0.25, 0.3) is 17.1 Å². The Labute approximate surface area is 162 Å². The fourth-order valence-corrected chi connectivity index (χ4v) is 3.39. The van der Waals surface area contributed by atoms with Gasteiger partial charge in [0.05, 0.1) is 11.4 Å². The molecule has 0 aliphatic heterocycles. The first-order valence-corrected chi connectivity index (χ1v) is 9.53. The van der Waals surface area contributed by atoms with E-state index in [4.69, 9.17) is 0 Å². The molecule has 1 aromatic carbocycles. The minimum absolute atomic E-state index is 0.0686. The number of nitrogens with zero attached hydrogens (tertiary/aromatic N) is 4. The first-order valence-electron chi connectivity index (χ1n) is 8.54. The molecule has 2 heterocycles. The van der Waals surface area contributed by atoms with Gasteiger partial charge in [-0.2, -0.15) is 0 Å². The van der Waals surface area contributed by atoms with Crippen molar-refractivity contribution in [2.45, 2.75) is 19.0 Å². The van der Waals surface area contributed by atoms with Crippen molar-refractivity contribution in [1.82, 2.24) is 25.1 Å². The van der Waals surface area contributed by atoms with E-state index in [1.54, 1.807) is 18.5 Å². The Morgan fingerprint density at radius 1 is 1.22 bits per heavy atom. The summed E-state index contributed by atoms with van der Waals surface area (Å²) in [5.41, 5.74) is 4.24. The second-order valence-electron chi connectivity index (χ2n) is 5.98. The third-order valence-electron chi connectivity index (χ3n) is 4.16. The van der Waals surface area contributed by atoms with Crippen LogP contribution >= 0.6 is 11.8 Å². The predicted molar refractivity (Wildman–Crippen MR) is 108 cm³/mol. The van der Waals surface area contributed by atoms with Gasteiger partial charge in [0.2, 0.25) is 5.91 Å². The van der Waals surface area contributed by atoms with Gasteiger partial charge < -0.3 is 5.32 Å². The van der Waals surface area contributed by atoms with Gasteiger partial charge in [0.25, 0.3) is 0 Å². The van der Waals surface area contributed by atoms with Crippen molar-refractivity contribution in [3.8, 4) is 17.1 Å². The first kappa shape index (κ1) is 18.8. The van der Waals surface area contributed by atoms with Gasteiger partial charge >= 0.3 is 0 Å². The largest absolute Gasteiger partial charge is 0.352 e. The molecule has 0 aliphatic rings. The first-order chi connectivity index (χ1) is 13.1. The van der Waals surface area contributed by atoms with Crippen LogP contribution in [0.1, 0.15) is 11.1 Å². The van der Waals surface area contributed by atoms with Gasteiger partial charge in [0, 0.05) is 24.5 Å². The lowest BCUT2D eigenvalue weighted by molar-refractivity contribution is -0.118. The fourth-order valence-electron chi connectivity index (χ4n) is 2.61. The van der Waals surface area contributed by atoms with Gasteiger partial charge in [-0.15, -0.1) is 16.8 Å². The number of pyridine rings is 1. The number of carbonyl (C=O) groups is 1. The fraction of sp³-hybridized carbons (Fsp3) is 0.200. The molecule has 1 N–H and O–H groups in total. The normalized spacial score (nSPS) is 10.6. The maximum absolute atomic E-state index is 12.0. The number of carbonyl (C=O) groups excluding carboxylic acids is 1. The van der Waals surface area contributed by atoms with Gasteiger partial charge in [-0.3, -0.25) is 14.3 Å². The molecule has 0 spiro atoms. The third-order valence-corrected chi connectivity index (χ3v) is 5.09. The molecule has 0 saturated heterocycles. The smallest absolute Gasteiger partial charge is 0.230 e. The van der Waals surface area contributed by atoms with Crippen molar-refractivity contribution in [1.29, 1.82) is 0 Å². The van der Waals surface area contributed by atoms with Crippen molar-refractivity contribution in [3.05, 3.63) is 66.5 Å². The van der Waals surface area contributed by atoms with Gasteiger partial charge in [-0.25, -0.2) is 0 Å². The molecule has 7 heteroatoms. The van der Waals surface area contributed by atoms with E-state index >= 15 is 0 Å². The zero-order valence-electron chi connectivity index (χ0n) is 15.3. The van der Waals surface area contributed by atoms with Crippen LogP contribution in [0.15, 0.2) is 60.5 Å². The molecule has 1 amide bonds. The molecule has 27 heavy (non-hydrogen) atoms. The number of nitrogens with one attached hydrogen (secondary N) is 1. The van der Waals surface area contributed by atoms with E-state index in [-0.39, 0.29) is 11.7 Å². The molecule has 0 aliphatic carbocycles. The Morgan fingerprint density at radius 3 is 2.74 bits per heavy atom. The summed E-state index contributed by atoms with van der Waals surface area (Å²) >= 11 is 1.36. The van der Waals surface area contributed by atoms with E-state index in [1.807, 2.05) is 28.8 Å². The van der Waals surface area contributed by atoms with Crippen LogP contribution < -0.4 is 5.32 Å². The lowest BCUT2D eigenvalue weighted by Gasteiger charge is -2.14. The number of hydrogen-bond donors (Lipinski definition) is 1. The minimum atomic E-state index is -0.0686. The Bertz CT molecular complexity index is 952. The topological polar surface area (TPSA) is 72.7 Å². The molecule has 0 radical (unpaired) electrons. The standard InChI is InChI=1S/C20H21N5OS/c1-4-10-22-18(26)13-27-20-24-23-19(16-8-11-21-12-9-16)25(20)17-7-5-6-14(2)15(17)3/h4-9,11-12H,1,10,13H2,2-3H3,(H,22,26). The van der Waals surface area contributed by atoms with Crippen LogP contribution in [0, 0.1) is 13.8 Å². The monoisotopic (exact) mass is 379 g/mol. The Hall–Kier alpha value is -2.93. The highest BCUT2D eigenvalue weighted by molar-refractivity contribution is 7.99. The van der Waals surface area contributed by atoms with Crippen molar-refractivity contribution in [2.24, 2.45) is 0 Å². The highest BCUT2D eigenvalue weighted by atomic mass is 32.2. The zero-order valence-corrected chi connectivity index (χ0v) is 16.2. The molecule has 0 atom stereocenters. The van der Waals surface area contributed by atoms with E-state index in [0.29, 0.717) is 11.7 Å². The molecule has 3 aromatic rings. The maximum atomic E-state index is 12.0. The van der Waals surface area contributed by atoms with Gasteiger partial charge in [0.15, 0.2) is 11.0 Å². The number of aromatic nitrogens is 4. The average Bonchev–Trinajstić information content (AvgIpc) is 3.11. The van der Waals surface area contributed by atoms with Crippen LogP contribution in [0.5, 0.6) is 0 Å². The molecule has 0 saturated carbocycles. The van der Waals surface area contributed by atoms with Crippen molar-refractivity contribution in [3.63, 3.8) is 0 Å². The predicted octanol–water partition coefficient (Wildman–Crippen LogP) is 3.34. The Morgan fingerprint density at radius 2 is 2.00 bits per heavy atom. The summed E-state index contributed by atoms with van der Waals surface area (Å²) in [4.78, 5) is 16.1. The molecule has 138 valence electrons. The van der Waals surface area contributed by atoms with Crippen molar-refractivity contribution < 1.29 is 4.79 Å². The zero-order chi connectivity index (χ0) is 19.2. The van der Waals surface area contributed by atoms with Crippen LogP contribution in [0.4, 0.5) is 0 Å². The number of hydrogen-bond acceptors (Lipinski definition) is 5. The Kier molecular flexibility index (Phi) is 6.03. The third kappa shape index (κ3) is 4.25. The number of aryl methyl sites for hydroxylation is 1. The molecule has 0 fully saturated rings. The van der Waals surface area contributed by atoms with Crippen molar-refractivity contribution in [2.75, 3.05) is 12.3 Å². The van der Waals surface area contributed by atoms with Crippen LogP contribution in [0.3, 0.4) is 0 Å². The molecule has 0 unspecified atom stereocenters. The number of amides is 1. The second kappa shape index (κ2) is 8.64. The van der Waals surface area contributed by atoms with E-state index in [0.717, 1.165) is 22.6 Å². The molecule has 0 bridgehead atoms. The highest BCUT2D eigenvalue weighted by Gasteiger charge is 2.18. The maximum Gasteiger partial charge on any atom is 0.230 e. The highest BCUT2D eigenvalue weighted by Crippen LogP contribution is 2.30. The summed E-state index contributed by atoms with van der Waals surface area (Å²) in [5, 5.41) is 12.2. The van der Waals surface area contributed by atoms with Gasteiger partial charge in [0.1, 0.15) is 0 Å². The van der Waals surface area contributed by atoms with Crippen LogP contribution in [0.2, 0.25) is 0 Å². The summed E-state index contributed by atoms with van der Waals surface area (Å²) in [6, 6.07) is 9.93. The minimum Gasteiger partial charge on any atom is -0.352 e. The number of benzene rings is 1. The van der Waals surface area contributed by atoms with E-state index < -0.39 is 0 Å². The lowest BCUT2D eigenvalue weighted by atomic mass is 10.1. The van der Waals surface area contributed by atoms with E-state index in [2.05, 4.69) is 47.0 Å². The van der Waals surface area contributed by atoms with Crippen molar-refractivity contribution >= 4 is 17.7 Å². The van der Waals surface area contributed by atoms with Gasteiger partial charge in [-0.05, 0) is 43.2 Å². The lowest BCUT2D eigenvalue weighted by Crippen LogP contribution is -2.25. The van der Waals surface area contributed by atoms with E-state index in [9.17, 15) is 4.79 Å². The summed E-state index contributed by atoms with van der Waals surface area (Å²) in [6.45, 7) is 8.21. The summed E-state index contributed by atoms with van der Waals surface area (Å²) in [5.74, 6) is 0.911. The molecule has 2 aromatic heterocycles. The summed E-state index contributed by atoms with van der Waals surface area (Å²) < 4.78 is 2.00. The van der Waals surface area contributed by atoms with E-state index in [1.165, 1.54) is 17.3 Å². The quantitative estimate of drug-likeness (QED) is 0.503. The Balaban J connectivity index is 2.02. The molecular formula is C20H21N5OS. The SMILES string of the molecule is C=CCNC(=O)CSc1nnc(-c2ccncc2)n1-c1cccc(C)c1C. The average molecular weight is 379 g/mol. The number of rotatable bonds is 7. The number of thioether (sulfide) groups is 1. The summed E-state index contributed by atoms with van der Waals surface area (Å²) in [6.07, 6.45) is 5.11. The van der Waals surface area contributed by atoms with Crippen LogP contribution in [-0.4, -0.2) is 38.0 Å².